The molecule has 10 heteroatoms. The highest BCUT2D eigenvalue weighted by Gasteiger charge is 2.65. The molecule has 1 aliphatic heterocycles. The fourth-order valence-electron chi connectivity index (χ4n) is 1.84. The average Bonchev–Trinajstić information content (AvgIpc) is 2.45. The van der Waals surface area contributed by atoms with Crippen LogP contribution in [0.25, 0.3) is 0 Å². The van der Waals surface area contributed by atoms with Gasteiger partial charge in [-0.25, -0.2) is 9.69 Å². The van der Waals surface area contributed by atoms with E-state index in [1.165, 1.54) is 13.8 Å². The standard InChI is InChI=1S/C11H11F5N2O2S/c1-11(2)9(19)18(10(20)17-11)7-3-5-8(6-4-7)21(12,13,14,15)16/h3-6H,1-2H3,(H,17,20). The number of benzene rings is 1. The first-order valence-corrected chi connectivity index (χ1v) is 7.58. The first-order chi connectivity index (χ1) is 9.12. The number of imide groups is 1. The van der Waals surface area contributed by atoms with E-state index >= 15 is 0 Å². The minimum Gasteiger partial charge on any atom is -0.323 e. The molecule has 4 nitrogen and oxygen atoms in total. The molecule has 0 atom stereocenters. The Kier molecular flexibility index (Phi) is 2.58. The molecule has 1 aromatic carbocycles. The Balaban J connectivity index is 2.43. The van der Waals surface area contributed by atoms with Gasteiger partial charge >= 0.3 is 16.3 Å². The number of halogens is 5. The van der Waals surface area contributed by atoms with E-state index in [0.717, 1.165) is 0 Å². The summed E-state index contributed by atoms with van der Waals surface area (Å²) in [5.41, 5.74) is -1.43. The lowest BCUT2D eigenvalue weighted by atomic mass is 10.1. The van der Waals surface area contributed by atoms with E-state index in [1.54, 1.807) is 0 Å². The summed E-state index contributed by atoms with van der Waals surface area (Å²) in [6.45, 7) is 2.83. The van der Waals surface area contributed by atoms with Gasteiger partial charge in [0.2, 0.25) is 0 Å². The molecule has 1 aliphatic rings. The molecular formula is C11H11F5N2O2S. The third kappa shape index (κ3) is 2.80. The van der Waals surface area contributed by atoms with E-state index in [-0.39, 0.29) is 17.8 Å². The highest BCUT2D eigenvalue weighted by atomic mass is 32.5. The smallest absolute Gasteiger partial charge is 0.323 e. The molecule has 1 fully saturated rings. The Bertz CT molecular complexity index is 639. The summed E-state index contributed by atoms with van der Waals surface area (Å²) in [7, 11) is -9.77. The highest BCUT2D eigenvalue weighted by Crippen LogP contribution is 3.02. The number of hydrogen-bond acceptors (Lipinski definition) is 2. The zero-order chi connectivity index (χ0) is 16.3. The Morgan fingerprint density at radius 2 is 1.48 bits per heavy atom. The lowest BCUT2D eigenvalue weighted by molar-refractivity contribution is -0.121. The van der Waals surface area contributed by atoms with Gasteiger partial charge in [0.05, 0.1) is 5.69 Å². The molecule has 1 aromatic rings. The number of carbonyl (C=O) groups excluding carboxylic acids is 2. The Morgan fingerprint density at radius 1 is 1.00 bits per heavy atom. The quantitative estimate of drug-likeness (QED) is 0.653. The Hall–Kier alpha value is -1.84. The summed E-state index contributed by atoms with van der Waals surface area (Å²) < 4.78 is 62.9. The molecule has 1 N–H and O–H groups in total. The van der Waals surface area contributed by atoms with Crippen molar-refractivity contribution in [2.75, 3.05) is 4.90 Å². The van der Waals surface area contributed by atoms with Gasteiger partial charge in [-0.05, 0) is 38.1 Å². The van der Waals surface area contributed by atoms with E-state index in [9.17, 15) is 29.0 Å². The monoisotopic (exact) mass is 330 g/mol. The largest absolute Gasteiger partial charge is 0.329 e. The fourth-order valence-corrected chi connectivity index (χ4v) is 2.49. The number of nitrogens with one attached hydrogen (secondary N) is 1. The number of anilines is 1. The van der Waals surface area contributed by atoms with Gasteiger partial charge in [-0.2, -0.15) is 0 Å². The fraction of sp³-hybridized carbons (Fsp3) is 0.273. The van der Waals surface area contributed by atoms with Crippen molar-refractivity contribution >= 4 is 27.8 Å². The molecule has 0 aliphatic carbocycles. The number of nitrogens with zero attached hydrogens (tertiary/aromatic N) is 1. The molecule has 1 saturated heterocycles. The minimum atomic E-state index is -9.77. The summed E-state index contributed by atoms with van der Waals surface area (Å²) >= 11 is 0. The van der Waals surface area contributed by atoms with Crippen molar-refractivity contribution in [2.45, 2.75) is 24.3 Å². The van der Waals surface area contributed by atoms with Crippen LogP contribution in [0.1, 0.15) is 13.8 Å². The topological polar surface area (TPSA) is 49.4 Å². The SMILES string of the molecule is CC1(C)NC(=O)N(c2ccc(S(F)(F)(F)(F)F)cc2)C1=O. The van der Waals surface area contributed by atoms with Gasteiger partial charge < -0.3 is 5.32 Å². The second-order valence-electron chi connectivity index (χ2n) is 5.16. The predicted molar refractivity (Wildman–Crippen MR) is 67.9 cm³/mol. The first-order valence-electron chi connectivity index (χ1n) is 5.63. The van der Waals surface area contributed by atoms with Crippen LogP contribution in [0, 0.1) is 0 Å². The van der Waals surface area contributed by atoms with Crippen molar-refractivity contribution in [1.29, 1.82) is 0 Å². The van der Waals surface area contributed by atoms with E-state index in [2.05, 4.69) is 5.32 Å². The molecule has 0 bridgehead atoms. The molecule has 0 unspecified atom stereocenters. The maximum atomic E-state index is 12.6. The van der Waals surface area contributed by atoms with E-state index in [1.807, 2.05) is 0 Å². The van der Waals surface area contributed by atoms with Crippen LogP contribution in [0.4, 0.5) is 29.9 Å². The van der Waals surface area contributed by atoms with E-state index in [4.69, 9.17) is 0 Å². The maximum absolute atomic E-state index is 12.6. The van der Waals surface area contributed by atoms with Crippen LogP contribution in [0.3, 0.4) is 0 Å². The molecule has 0 radical (unpaired) electrons. The molecule has 118 valence electrons. The molecule has 2 rings (SSSR count). The van der Waals surface area contributed by atoms with Gasteiger partial charge in [0.15, 0.2) is 0 Å². The second-order valence-corrected chi connectivity index (χ2v) is 7.57. The normalized spacial score (nSPS) is 21.8. The summed E-state index contributed by atoms with van der Waals surface area (Å²) in [5, 5.41) is 2.33. The molecule has 0 saturated carbocycles. The Labute approximate surface area is 116 Å². The molecular weight excluding hydrogens is 319 g/mol. The van der Waals surface area contributed by atoms with Crippen LogP contribution in [-0.2, 0) is 4.79 Å². The van der Waals surface area contributed by atoms with Crippen LogP contribution in [0.5, 0.6) is 0 Å². The van der Waals surface area contributed by atoms with Gasteiger partial charge in [-0.3, -0.25) is 4.79 Å². The van der Waals surface area contributed by atoms with Crippen molar-refractivity contribution in [3.63, 3.8) is 0 Å². The number of amides is 3. The van der Waals surface area contributed by atoms with Crippen LogP contribution >= 0.6 is 10.2 Å². The molecule has 0 spiro atoms. The zero-order valence-corrected chi connectivity index (χ0v) is 11.7. The third-order valence-corrected chi connectivity index (χ3v) is 4.06. The van der Waals surface area contributed by atoms with Gasteiger partial charge in [0.1, 0.15) is 10.4 Å². The number of hydrogen-bond donors (Lipinski definition) is 1. The summed E-state index contributed by atoms with van der Waals surface area (Å²) in [5.74, 6) is -0.687. The van der Waals surface area contributed by atoms with Crippen molar-refractivity contribution in [2.24, 2.45) is 0 Å². The number of carbonyl (C=O) groups is 2. The van der Waals surface area contributed by atoms with Gasteiger partial charge in [0, 0.05) is 0 Å². The lowest BCUT2D eigenvalue weighted by Gasteiger charge is -2.40. The number of urea groups is 1. The van der Waals surface area contributed by atoms with Gasteiger partial charge in [-0.1, -0.05) is 19.4 Å². The van der Waals surface area contributed by atoms with E-state index < -0.39 is 32.6 Å². The summed E-state index contributed by atoms with van der Waals surface area (Å²) in [6, 6.07) is 0.800. The third-order valence-electron chi connectivity index (χ3n) is 2.90. The van der Waals surface area contributed by atoms with E-state index in [0.29, 0.717) is 17.0 Å². The predicted octanol–water partition coefficient (Wildman–Crippen LogP) is 4.18. The number of rotatable bonds is 2. The average molecular weight is 330 g/mol. The lowest BCUT2D eigenvalue weighted by Crippen LogP contribution is -2.40. The second kappa shape index (κ2) is 3.49. The summed E-state index contributed by atoms with van der Waals surface area (Å²) in [6.07, 6.45) is 0. The van der Waals surface area contributed by atoms with Crippen molar-refractivity contribution < 1.29 is 29.0 Å². The van der Waals surface area contributed by atoms with Crippen molar-refractivity contribution in [1.82, 2.24) is 5.32 Å². The van der Waals surface area contributed by atoms with Gasteiger partial charge in [0.25, 0.3) is 5.91 Å². The minimum absolute atomic E-state index is 0.156. The molecule has 3 amide bonds. The highest BCUT2D eigenvalue weighted by molar-refractivity contribution is 8.45. The van der Waals surface area contributed by atoms with Crippen molar-refractivity contribution in [3.05, 3.63) is 24.3 Å². The van der Waals surface area contributed by atoms with Gasteiger partial charge in [-0.15, -0.1) is 0 Å². The Morgan fingerprint density at radius 3 is 1.81 bits per heavy atom. The maximum Gasteiger partial charge on any atom is 0.329 e. The molecule has 1 heterocycles. The van der Waals surface area contributed by atoms with Crippen LogP contribution < -0.4 is 10.2 Å². The molecule has 0 aromatic heterocycles. The van der Waals surface area contributed by atoms with Crippen molar-refractivity contribution in [3.8, 4) is 0 Å². The molecule has 21 heavy (non-hydrogen) atoms. The van der Waals surface area contributed by atoms with Crippen LogP contribution in [0.15, 0.2) is 29.2 Å². The van der Waals surface area contributed by atoms with Crippen LogP contribution in [-0.4, -0.2) is 17.5 Å². The summed E-state index contributed by atoms with van der Waals surface area (Å²) in [4.78, 5) is 22.1. The zero-order valence-electron chi connectivity index (χ0n) is 10.9. The first kappa shape index (κ1) is 15.5. The van der Waals surface area contributed by atoms with Crippen LogP contribution in [0.2, 0.25) is 0 Å².